The van der Waals surface area contributed by atoms with Crippen LogP contribution >= 0.6 is 11.8 Å². The summed E-state index contributed by atoms with van der Waals surface area (Å²) in [7, 11) is 2.02. The molecule has 5 heteroatoms. The van der Waals surface area contributed by atoms with Crippen LogP contribution in [0.15, 0.2) is 5.16 Å². The van der Waals surface area contributed by atoms with Gasteiger partial charge in [-0.05, 0) is 39.7 Å². The Kier molecular flexibility index (Phi) is 5.50. The minimum Gasteiger partial charge on any atom is -0.317 e. The van der Waals surface area contributed by atoms with Crippen molar-refractivity contribution < 1.29 is 0 Å². The van der Waals surface area contributed by atoms with Gasteiger partial charge in [-0.1, -0.05) is 18.2 Å². The van der Waals surface area contributed by atoms with Gasteiger partial charge in [-0.2, -0.15) is 0 Å². The van der Waals surface area contributed by atoms with Crippen LogP contribution in [0.25, 0.3) is 0 Å². The molecule has 0 amide bonds. The van der Waals surface area contributed by atoms with Gasteiger partial charge in [0, 0.05) is 24.8 Å². The first-order valence-corrected chi connectivity index (χ1v) is 8.02. The van der Waals surface area contributed by atoms with E-state index in [1.54, 1.807) is 0 Å². The Morgan fingerprint density at radius 1 is 1.33 bits per heavy atom. The van der Waals surface area contributed by atoms with Gasteiger partial charge < -0.3 is 9.88 Å². The molecule has 4 nitrogen and oxygen atoms in total. The second-order valence-corrected chi connectivity index (χ2v) is 6.10. The monoisotopic (exact) mass is 268 g/mol. The summed E-state index contributed by atoms with van der Waals surface area (Å²) in [4.78, 5) is 0. The average molecular weight is 268 g/mol. The van der Waals surface area contributed by atoms with E-state index in [4.69, 9.17) is 0 Å². The van der Waals surface area contributed by atoms with Gasteiger partial charge in [-0.25, -0.2) is 0 Å². The van der Waals surface area contributed by atoms with Crippen LogP contribution in [0.1, 0.15) is 44.9 Å². The Labute approximate surface area is 114 Å². The van der Waals surface area contributed by atoms with Crippen molar-refractivity contribution in [3.8, 4) is 0 Å². The molecule has 0 bridgehead atoms. The van der Waals surface area contributed by atoms with Crippen LogP contribution in [-0.2, 0) is 13.0 Å². The second-order valence-electron chi connectivity index (χ2n) is 5.04. The summed E-state index contributed by atoms with van der Waals surface area (Å²) >= 11 is 1.87. The number of hydrogen-bond acceptors (Lipinski definition) is 4. The topological polar surface area (TPSA) is 42.7 Å². The van der Waals surface area contributed by atoms with E-state index in [-0.39, 0.29) is 0 Å². The summed E-state index contributed by atoms with van der Waals surface area (Å²) < 4.78 is 2.33. The zero-order valence-corrected chi connectivity index (χ0v) is 12.3. The number of aryl methyl sites for hydroxylation is 1. The van der Waals surface area contributed by atoms with Gasteiger partial charge in [0.05, 0.1) is 0 Å². The Bertz CT molecular complexity index is 364. The number of fused-ring (bicyclic) bond motifs is 1. The zero-order valence-electron chi connectivity index (χ0n) is 11.5. The molecule has 1 N–H and O–H groups in total. The molecule has 0 spiro atoms. The quantitative estimate of drug-likeness (QED) is 0.636. The van der Waals surface area contributed by atoms with Crippen molar-refractivity contribution in [1.29, 1.82) is 0 Å². The highest BCUT2D eigenvalue weighted by atomic mass is 32.2. The van der Waals surface area contributed by atoms with Crippen molar-refractivity contribution in [3.05, 3.63) is 5.82 Å². The summed E-state index contributed by atoms with van der Waals surface area (Å²) in [6.07, 6.45) is 7.43. The molecule has 0 aliphatic carbocycles. The van der Waals surface area contributed by atoms with Crippen LogP contribution in [0.5, 0.6) is 0 Å². The molecular weight excluding hydrogens is 244 g/mol. The summed E-state index contributed by atoms with van der Waals surface area (Å²) in [5, 5.41) is 13.1. The maximum Gasteiger partial charge on any atom is 0.191 e. The predicted octanol–water partition coefficient (Wildman–Crippen LogP) is 2.48. The Balaban J connectivity index is 1.81. The number of thioether (sulfide) groups is 1. The number of nitrogens with zero attached hydrogens (tertiary/aromatic N) is 3. The fourth-order valence-corrected chi connectivity index (χ4v) is 3.21. The Hall–Kier alpha value is -0.550. The molecule has 0 saturated heterocycles. The molecule has 102 valence electrons. The van der Waals surface area contributed by atoms with Crippen LogP contribution in [0, 0.1) is 0 Å². The van der Waals surface area contributed by atoms with Crippen LogP contribution in [0.3, 0.4) is 0 Å². The highest BCUT2D eigenvalue weighted by molar-refractivity contribution is 7.99. The maximum atomic E-state index is 4.34. The predicted molar refractivity (Wildman–Crippen MR) is 76.1 cm³/mol. The van der Waals surface area contributed by atoms with E-state index in [0.29, 0.717) is 6.04 Å². The van der Waals surface area contributed by atoms with Crippen molar-refractivity contribution in [2.75, 3.05) is 12.8 Å². The van der Waals surface area contributed by atoms with Crippen molar-refractivity contribution >= 4 is 11.8 Å². The number of aromatic nitrogens is 3. The van der Waals surface area contributed by atoms with Crippen molar-refractivity contribution in [1.82, 2.24) is 20.1 Å². The molecule has 0 saturated carbocycles. The average Bonchev–Trinajstić information content (AvgIpc) is 2.62. The standard InChI is InChI=1S/C13H24N4S/c1-11(14-2)7-6-10-18-13-16-15-12-8-4-3-5-9-17(12)13/h11,14H,3-10H2,1-2H3. The van der Waals surface area contributed by atoms with E-state index in [1.807, 2.05) is 18.8 Å². The molecule has 0 radical (unpaired) electrons. The smallest absolute Gasteiger partial charge is 0.191 e. The summed E-state index contributed by atoms with van der Waals surface area (Å²) in [6.45, 7) is 3.34. The third kappa shape index (κ3) is 3.72. The van der Waals surface area contributed by atoms with Gasteiger partial charge in [-0.3, -0.25) is 0 Å². The van der Waals surface area contributed by atoms with Crippen molar-refractivity contribution in [2.24, 2.45) is 0 Å². The van der Waals surface area contributed by atoms with E-state index >= 15 is 0 Å². The zero-order chi connectivity index (χ0) is 12.8. The molecule has 1 aliphatic rings. The summed E-state index contributed by atoms with van der Waals surface area (Å²) in [5.41, 5.74) is 0. The minimum absolute atomic E-state index is 0.612. The van der Waals surface area contributed by atoms with E-state index in [1.165, 1.54) is 37.9 Å². The first kappa shape index (κ1) is 13.9. The molecule has 18 heavy (non-hydrogen) atoms. The van der Waals surface area contributed by atoms with Gasteiger partial charge in [0.1, 0.15) is 5.82 Å². The lowest BCUT2D eigenvalue weighted by Crippen LogP contribution is -2.20. The molecule has 0 aromatic carbocycles. The lowest BCUT2D eigenvalue weighted by molar-refractivity contribution is 0.558. The molecule has 1 aromatic rings. The van der Waals surface area contributed by atoms with E-state index in [2.05, 4.69) is 27.0 Å². The third-order valence-corrected chi connectivity index (χ3v) is 4.63. The molecular formula is C13H24N4S. The SMILES string of the molecule is CNC(C)CCCSc1nnc2n1CCCCC2. The van der Waals surface area contributed by atoms with Crippen molar-refractivity contribution in [3.63, 3.8) is 0 Å². The Morgan fingerprint density at radius 3 is 3.06 bits per heavy atom. The van der Waals surface area contributed by atoms with Gasteiger partial charge in [0.2, 0.25) is 0 Å². The molecule has 2 rings (SSSR count). The van der Waals surface area contributed by atoms with Crippen LogP contribution in [0.4, 0.5) is 0 Å². The summed E-state index contributed by atoms with van der Waals surface area (Å²) in [6, 6.07) is 0.612. The van der Waals surface area contributed by atoms with Crippen LogP contribution < -0.4 is 5.32 Å². The van der Waals surface area contributed by atoms with Gasteiger partial charge in [0.15, 0.2) is 5.16 Å². The van der Waals surface area contributed by atoms with Gasteiger partial charge in [0.25, 0.3) is 0 Å². The molecule has 0 fully saturated rings. The normalized spacial score (nSPS) is 17.2. The van der Waals surface area contributed by atoms with Crippen molar-refractivity contribution in [2.45, 2.75) is 63.2 Å². The largest absolute Gasteiger partial charge is 0.317 e. The lowest BCUT2D eigenvalue weighted by atomic mass is 10.2. The maximum absolute atomic E-state index is 4.34. The molecule has 1 unspecified atom stereocenters. The molecule has 1 aromatic heterocycles. The second kappa shape index (κ2) is 7.14. The molecule has 1 aliphatic heterocycles. The van der Waals surface area contributed by atoms with E-state index < -0.39 is 0 Å². The minimum atomic E-state index is 0.612. The fraction of sp³-hybridized carbons (Fsp3) is 0.846. The highest BCUT2D eigenvalue weighted by Crippen LogP contribution is 2.22. The van der Waals surface area contributed by atoms with Crippen LogP contribution in [0.2, 0.25) is 0 Å². The molecule has 1 atom stereocenters. The summed E-state index contributed by atoms with van der Waals surface area (Å²) in [5.74, 6) is 2.34. The number of hydrogen-bond donors (Lipinski definition) is 1. The molecule has 2 heterocycles. The number of rotatable bonds is 6. The van der Waals surface area contributed by atoms with Gasteiger partial charge in [-0.15, -0.1) is 10.2 Å². The first-order chi connectivity index (χ1) is 8.81. The van der Waals surface area contributed by atoms with E-state index in [0.717, 1.165) is 23.9 Å². The van der Waals surface area contributed by atoms with Gasteiger partial charge >= 0.3 is 0 Å². The van der Waals surface area contributed by atoms with E-state index in [9.17, 15) is 0 Å². The number of nitrogens with one attached hydrogen (secondary N) is 1. The third-order valence-electron chi connectivity index (χ3n) is 3.58. The highest BCUT2D eigenvalue weighted by Gasteiger charge is 2.14. The fourth-order valence-electron chi connectivity index (χ4n) is 2.26. The van der Waals surface area contributed by atoms with Crippen LogP contribution in [-0.4, -0.2) is 33.6 Å². The lowest BCUT2D eigenvalue weighted by Gasteiger charge is -2.09. The Morgan fingerprint density at radius 2 is 2.22 bits per heavy atom. The first-order valence-electron chi connectivity index (χ1n) is 7.03.